The molecule has 1 aromatic heterocycles. The van der Waals surface area contributed by atoms with E-state index in [9.17, 15) is 15.2 Å². The minimum atomic E-state index is -0.856. The Hall–Kier alpha value is -2.58. The molecule has 1 aliphatic heterocycles. The number of aliphatic hydroxyl groups is 1. The van der Waals surface area contributed by atoms with Crippen molar-refractivity contribution in [1.29, 1.82) is 5.26 Å². The molecule has 0 amide bonds. The lowest BCUT2D eigenvalue weighted by atomic mass is 9.83. The monoisotopic (exact) mass is 365 g/mol. The number of nitrogens with zero attached hydrogens (tertiary/aromatic N) is 3. The van der Waals surface area contributed by atoms with Crippen molar-refractivity contribution in [2.45, 2.75) is 51.7 Å². The van der Waals surface area contributed by atoms with E-state index >= 15 is 0 Å². The van der Waals surface area contributed by atoms with E-state index in [2.05, 4.69) is 13.0 Å². The summed E-state index contributed by atoms with van der Waals surface area (Å²) in [5.41, 5.74) is 1.88. The number of unbranched alkanes of at least 4 members (excludes halogenated alkanes) is 1. The van der Waals surface area contributed by atoms with Gasteiger partial charge in [0.2, 0.25) is 0 Å². The molecule has 2 aromatic rings. The van der Waals surface area contributed by atoms with Gasteiger partial charge in [-0.15, -0.1) is 0 Å². The summed E-state index contributed by atoms with van der Waals surface area (Å²) in [7, 11) is 0. The number of aromatic nitrogens is 1. The van der Waals surface area contributed by atoms with Gasteiger partial charge < -0.3 is 14.6 Å². The van der Waals surface area contributed by atoms with Gasteiger partial charge >= 0.3 is 0 Å². The van der Waals surface area contributed by atoms with E-state index in [-0.39, 0.29) is 11.1 Å². The number of hydrogen-bond acceptors (Lipinski definition) is 4. The van der Waals surface area contributed by atoms with Crippen LogP contribution in [0.5, 0.6) is 0 Å². The van der Waals surface area contributed by atoms with E-state index in [4.69, 9.17) is 0 Å². The number of aryl methyl sites for hydroxylation is 2. The normalized spacial score (nSPS) is 16.1. The highest BCUT2D eigenvalue weighted by Gasteiger charge is 2.34. The van der Waals surface area contributed by atoms with Gasteiger partial charge in [-0.3, -0.25) is 4.79 Å². The van der Waals surface area contributed by atoms with Crippen LogP contribution in [0, 0.1) is 18.3 Å². The maximum Gasteiger partial charge on any atom is 0.270 e. The lowest BCUT2D eigenvalue weighted by molar-refractivity contribution is 0.0117. The van der Waals surface area contributed by atoms with Crippen molar-refractivity contribution < 1.29 is 5.11 Å². The molecule has 1 saturated heterocycles. The summed E-state index contributed by atoms with van der Waals surface area (Å²) in [6.45, 7) is 5.95. The number of rotatable bonds is 5. The zero-order valence-electron chi connectivity index (χ0n) is 16.1. The van der Waals surface area contributed by atoms with Crippen LogP contribution in [0.3, 0.4) is 0 Å². The summed E-state index contributed by atoms with van der Waals surface area (Å²) in [6, 6.07) is 12.0. The maximum atomic E-state index is 12.6. The first kappa shape index (κ1) is 19.2. The molecule has 5 nitrogen and oxygen atoms in total. The molecule has 0 atom stereocenters. The molecule has 0 spiro atoms. The zero-order valence-corrected chi connectivity index (χ0v) is 16.1. The topological polar surface area (TPSA) is 69.3 Å². The third-order valence-corrected chi connectivity index (χ3v) is 5.49. The van der Waals surface area contributed by atoms with Crippen LogP contribution >= 0.6 is 0 Å². The molecule has 0 aliphatic carbocycles. The fourth-order valence-corrected chi connectivity index (χ4v) is 3.78. The second-order valence-electron chi connectivity index (χ2n) is 7.43. The average Bonchev–Trinajstić information content (AvgIpc) is 2.67. The lowest BCUT2D eigenvalue weighted by Gasteiger charge is -2.40. The summed E-state index contributed by atoms with van der Waals surface area (Å²) < 4.78 is 1.62. The first-order chi connectivity index (χ1) is 13.0. The lowest BCUT2D eigenvalue weighted by Crippen LogP contribution is -2.43. The van der Waals surface area contributed by atoms with Gasteiger partial charge in [0.15, 0.2) is 0 Å². The molecule has 1 fully saturated rings. The van der Waals surface area contributed by atoms with E-state index in [0.717, 1.165) is 24.0 Å². The number of benzene rings is 1. The van der Waals surface area contributed by atoms with Crippen molar-refractivity contribution in [3.8, 4) is 6.07 Å². The van der Waals surface area contributed by atoms with E-state index in [0.29, 0.717) is 38.2 Å². The predicted molar refractivity (Wildman–Crippen MR) is 107 cm³/mol. The Balaban J connectivity index is 1.81. The number of pyridine rings is 1. The molecule has 0 radical (unpaired) electrons. The van der Waals surface area contributed by atoms with Crippen molar-refractivity contribution >= 4 is 5.69 Å². The minimum absolute atomic E-state index is 0.203. The van der Waals surface area contributed by atoms with E-state index in [1.807, 2.05) is 42.2 Å². The van der Waals surface area contributed by atoms with Crippen LogP contribution in [0.25, 0.3) is 0 Å². The largest absolute Gasteiger partial charge is 0.385 e. The van der Waals surface area contributed by atoms with E-state index < -0.39 is 5.60 Å². The van der Waals surface area contributed by atoms with Gasteiger partial charge in [-0.25, -0.2) is 0 Å². The van der Waals surface area contributed by atoms with Crippen molar-refractivity contribution in [2.24, 2.45) is 0 Å². The Morgan fingerprint density at radius 3 is 2.63 bits per heavy atom. The maximum absolute atomic E-state index is 12.6. The molecule has 1 N–H and O–H groups in total. The van der Waals surface area contributed by atoms with Crippen LogP contribution in [-0.2, 0) is 12.1 Å². The molecule has 1 aliphatic rings. The standard InChI is InChI=1S/C22H27N3O2/c1-3-4-11-25-12-8-20(19(16-23)21(25)26)24-13-9-22(27,10-14-24)18-7-5-6-17(2)15-18/h5-8,12,15,27H,3-4,9-11,13-14H2,1-2H3. The van der Waals surface area contributed by atoms with Crippen molar-refractivity contribution in [1.82, 2.24) is 4.57 Å². The number of piperidine rings is 1. The number of nitriles is 1. The fourth-order valence-electron chi connectivity index (χ4n) is 3.78. The third kappa shape index (κ3) is 3.91. The Kier molecular flexibility index (Phi) is 5.67. The van der Waals surface area contributed by atoms with Crippen LogP contribution in [0.1, 0.15) is 49.3 Å². The van der Waals surface area contributed by atoms with E-state index in [1.54, 1.807) is 10.8 Å². The summed E-state index contributed by atoms with van der Waals surface area (Å²) in [4.78, 5) is 14.7. The molecule has 1 aromatic carbocycles. The molecule has 27 heavy (non-hydrogen) atoms. The molecule has 0 unspecified atom stereocenters. The SMILES string of the molecule is CCCCn1ccc(N2CCC(O)(c3cccc(C)c3)CC2)c(C#N)c1=O. The molecule has 0 saturated carbocycles. The smallest absolute Gasteiger partial charge is 0.270 e. The minimum Gasteiger partial charge on any atom is -0.385 e. The van der Waals surface area contributed by atoms with Crippen molar-refractivity contribution in [3.05, 3.63) is 63.6 Å². The molecule has 5 heteroatoms. The molecule has 2 heterocycles. The van der Waals surface area contributed by atoms with Gasteiger partial charge in [0.1, 0.15) is 11.6 Å². The second kappa shape index (κ2) is 7.98. The number of anilines is 1. The third-order valence-electron chi connectivity index (χ3n) is 5.49. The summed E-state index contributed by atoms with van der Waals surface area (Å²) >= 11 is 0. The Morgan fingerprint density at radius 1 is 1.26 bits per heavy atom. The zero-order chi connectivity index (χ0) is 19.4. The van der Waals surface area contributed by atoms with Crippen LogP contribution < -0.4 is 10.5 Å². The Bertz CT molecular complexity index is 903. The van der Waals surface area contributed by atoms with Crippen LogP contribution in [0.4, 0.5) is 5.69 Å². The molecule has 0 bridgehead atoms. The Morgan fingerprint density at radius 2 is 2.00 bits per heavy atom. The van der Waals surface area contributed by atoms with E-state index in [1.165, 1.54) is 0 Å². The highest BCUT2D eigenvalue weighted by molar-refractivity contribution is 5.58. The highest BCUT2D eigenvalue weighted by atomic mass is 16.3. The quantitative estimate of drug-likeness (QED) is 0.882. The number of hydrogen-bond donors (Lipinski definition) is 1. The highest BCUT2D eigenvalue weighted by Crippen LogP contribution is 2.35. The molecular formula is C22H27N3O2. The van der Waals surface area contributed by atoms with Gasteiger partial charge in [0, 0.05) is 25.8 Å². The second-order valence-corrected chi connectivity index (χ2v) is 7.43. The summed E-state index contributed by atoms with van der Waals surface area (Å²) in [5.74, 6) is 0. The van der Waals surface area contributed by atoms with Crippen molar-refractivity contribution in [2.75, 3.05) is 18.0 Å². The molecular weight excluding hydrogens is 338 g/mol. The molecule has 3 rings (SSSR count). The first-order valence-electron chi connectivity index (χ1n) is 9.66. The van der Waals surface area contributed by atoms with Gasteiger partial charge in [0.25, 0.3) is 5.56 Å². The fraction of sp³-hybridized carbons (Fsp3) is 0.455. The molecule has 142 valence electrons. The summed E-state index contributed by atoms with van der Waals surface area (Å²) in [6.07, 6.45) is 4.84. The van der Waals surface area contributed by atoms with Crippen LogP contribution in [0.15, 0.2) is 41.3 Å². The van der Waals surface area contributed by atoms with Crippen LogP contribution in [0.2, 0.25) is 0 Å². The Labute approximate surface area is 160 Å². The van der Waals surface area contributed by atoms with Crippen LogP contribution in [-0.4, -0.2) is 22.8 Å². The van der Waals surface area contributed by atoms with Gasteiger partial charge in [0.05, 0.1) is 11.3 Å². The van der Waals surface area contributed by atoms with Crippen molar-refractivity contribution in [3.63, 3.8) is 0 Å². The van der Waals surface area contributed by atoms with Gasteiger partial charge in [-0.2, -0.15) is 5.26 Å². The first-order valence-corrected chi connectivity index (χ1v) is 9.66. The van der Waals surface area contributed by atoms with Gasteiger partial charge in [-0.05, 0) is 37.8 Å². The average molecular weight is 365 g/mol. The van der Waals surface area contributed by atoms with Gasteiger partial charge in [-0.1, -0.05) is 43.2 Å². The summed E-state index contributed by atoms with van der Waals surface area (Å²) in [5, 5.41) is 20.6. The predicted octanol–water partition coefficient (Wildman–Crippen LogP) is 3.32.